The molecule has 2 nitrogen and oxygen atoms in total. The normalized spacial score (nSPS) is 22.7. The van der Waals surface area contributed by atoms with Crippen molar-refractivity contribution in [1.29, 1.82) is 0 Å². The quantitative estimate of drug-likeness (QED) is 0.827. The van der Waals surface area contributed by atoms with Gasteiger partial charge in [0.05, 0.1) is 0 Å². The lowest BCUT2D eigenvalue weighted by Gasteiger charge is -2.42. The van der Waals surface area contributed by atoms with Crippen LogP contribution < -0.4 is 0 Å². The van der Waals surface area contributed by atoms with E-state index >= 15 is 0 Å². The van der Waals surface area contributed by atoms with Gasteiger partial charge in [-0.15, -0.1) is 0 Å². The number of piperidine rings is 1. The van der Waals surface area contributed by atoms with Crippen LogP contribution in [0.2, 0.25) is 0 Å². The Hall–Kier alpha value is -1.28. The Morgan fingerprint density at radius 3 is 2.43 bits per heavy atom. The Labute approximate surface area is 129 Å². The maximum Gasteiger partial charge on any atom is 0.0233 e. The number of benzene rings is 1. The first kappa shape index (κ1) is 14.6. The van der Waals surface area contributed by atoms with Crippen molar-refractivity contribution < 1.29 is 0 Å². The molecule has 0 spiro atoms. The van der Waals surface area contributed by atoms with E-state index in [0.717, 1.165) is 6.54 Å². The molecule has 114 valence electrons. The van der Waals surface area contributed by atoms with Gasteiger partial charge in [-0.25, -0.2) is 0 Å². The Balaban J connectivity index is 1.51. The molecule has 0 N–H and O–H groups in total. The minimum absolute atomic E-state index is 0.473. The van der Waals surface area contributed by atoms with E-state index < -0.39 is 0 Å². The highest BCUT2D eigenvalue weighted by Crippen LogP contribution is 2.35. The maximum absolute atomic E-state index is 4.22. The first-order chi connectivity index (χ1) is 10.1. The van der Waals surface area contributed by atoms with Gasteiger partial charge in [-0.05, 0) is 49.8 Å². The lowest BCUT2D eigenvalue weighted by molar-refractivity contribution is 0.0871. The lowest BCUT2D eigenvalue weighted by atomic mass is 9.79. The second-order valence-corrected chi connectivity index (χ2v) is 7.16. The molecule has 0 bridgehead atoms. The second kappa shape index (κ2) is 6.23. The van der Waals surface area contributed by atoms with Gasteiger partial charge in [0, 0.05) is 25.3 Å². The highest BCUT2D eigenvalue weighted by atomic mass is 15.2. The number of hydrogen-bond acceptors (Lipinski definition) is 2. The third kappa shape index (κ3) is 3.68. The fraction of sp³-hybridized carbons (Fsp3) is 0.579. The first-order valence-electron chi connectivity index (χ1n) is 8.34. The maximum atomic E-state index is 4.22. The molecule has 2 aliphatic heterocycles. The summed E-state index contributed by atoms with van der Waals surface area (Å²) in [6, 6.07) is 10.9. The van der Waals surface area contributed by atoms with Crippen LogP contribution in [0.15, 0.2) is 42.6 Å². The molecule has 2 aliphatic rings. The van der Waals surface area contributed by atoms with E-state index in [-0.39, 0.29) is 0 Å². The van der Waals surface area contributed by atoms with Crippen molar-refractivity contribution in [3.05, 3.63) is 48.2 Å². The zero-order chi connectivity index (χ0) is 14.7. The lowest BCUT2D eigenvalue weighted by Crippen LogP contribution is -2.43. The van der Waals surface area contributed by atoms with Crippen molar-refractivity contribution >= 4 is 0 Å². The van der Waals surface area contributed by atoms with E-state index in [4.69, 9.17) is 0 Å². The zero-order valence-electron chi connectivity index (χ0n) is 13.4. The van der Waals surface area contributed by atoms with E-state index in [0.29, 0.717) is 5.41 Å². The molecule has 0 amide bonds. The Bertz CT molecular complexity index is 472. The number of allylic oxidation sites excluding steroid dienone is 1. The van der Waals surface area contributed by atoms with E-state index in [2.05, 4.69) is 53.6 Å². The molecule has 1 aromatic carbocycles. The summed E-state index contributed by atoms with van der Waals surface area (Å²) in [6.45, 7) is 12.7. The van der Waals surface area contributed by atoms with Crippen molar-refractivity contribution in [2.24, 2.45) is 5.41 Å². The molecule has 0 radical (unpaired) electrons. The SMILES string of the molecule is C=C1CCCN1CC1(C)CCN(Cc2ccccc2)CC1. The van der Waals surface area contributed by atoms with Gasteiger partial charge < -0.3 is 4.90 Å². The highest BCUT2D eigenvalue weighted by molar-refractivity contribution is 5.14. The van der Waals surface area contributed by atoms with Crippen LogP contribution in [0, 0.1) is 5.41 Å². The molecule has 0 aliphatic carbocycles. The third-order valence-corrected chi connectivity index (χ3v) is 5.23. The molecule has 0 saturated carbocycles. The van der Waals surface area contributed by atoms with Gasteiger partial charge in [0.2, 0.25) is 0 Å². The van der Waals surface area contributed by atoms with Crippen LogP contribution in [0.5, 0.6) is 0 Å². The molecular formula is C19H28N2. The fourth-order valence-corrected chi connectivity index (χ4v) is 3.69. The highest BCUT2D eigenvalue weighted by Gasteiger charge is 2.33. The summed E-state index contributed by atoms with van der Waals surface area (Å²) in [4.78, 5) is 5.14. The van der Waals surface area contributed by atoms with Crippen LogP contribution in [0.1, 0.15) is 38.2 Å². The average Bonchev–Trinajstić information content (AvgIpc) is 2.88. The molecule has 1 aromatic rings. The Kier molecular flexibility index (Phi) is 4.34. The standard InChI is InChI=1S/C19H28N2/c1-17-7-6-12-21(17)16-19(2)10-13-20(14-11-19)15-18-8-4-3-5-9-18/h3-5,8-9H,1,6-7,10-16H2,2H3. The van der Waals surface area contributed by atoms with Crippen molar-refractivity contribution in [1.82, 2.24) is 9.80 Å². The summed E-state index contributed by atoms with van der Waals surface area (Å²) < 4.78 is 0. The Morgan fingerprint density at radius 1 is 1.10 bits per heavy atom. The monoisotopic (exact) mass is 284 g/mol. The van der Waals surface area contributed by atoms with E-state index in [1.165, 1.54) is 63.1 Å². The van der Waals surface area contributed by atoms with E-state index in [1.54, 1.807) is 0 Å². The van der Waals surface area contributed by atoms with Crippen LogP contribution in [-0.4, -0.2) is 36.0 Å². The van der Waals surface area contributed by atoms with Crippen molar-refractivity contribution in [3.63, 3.8) is 0 Å². The molecule has 2 heterocycles. The summed E-state index contributed by atoms with van der Waals surface area (Å²) in [7, 11) is 0. The van der Waals surface area contributed by atoms with Crippen LogP contribution >= 0.6 is 0 Å². The van der Waals surface area contributed by atoms with Gasteiger partial charge in [0.1, 0.15) is 0 Å². The minimum atomic E-state index is 0.473. The predicted molar refractivity (Wildman–Crippen MR) is 89.0 cm³/mol. The van der Waals surface area contributed by atoms with Gasteiger partial charge in [-0.1, -0.05) is 43.8 Å². The van der Waals surface area contributed by atoms with Crippen LogP contribution in [0.3, 0.4) is 0 Å². The molecule has 0 atom stereocenters. The van der Waals surface area contributed by atoms with Crippen molar-refractivity contribution in [2.45, 2.75) is 39.2 Å². The van der Waals surface area contributed by atoms with Gasteiger partial charge in [0.15, 0.2) is 0 Å². The van der Waals surface area contributed by atoms with Crippen LogP contribution in [0.25, 0.3) is 0 Å². The predicted octanol–water partition coefficient (Wildman–Crippen LogP) is 3.90. The van der Waals surface area contributed by atoms with Crippen molar-refractivity contribution in [3.8, 4) is 0 Å². The van der Waals surface area contributed by atoms with Crippen LogP contribution in [0.4, 0.5) is 0 Å². The number of hydrogen-bond donors (Lipinski definition) is 0. The van der Waals surface area contributed by atoms with E-state index in [1.807, 2.05) is 0 Å². The summed E-state index contributed by atoms with van der Waals surface area (Å²) in [6.07, 6.45) is 5.12. The van der Waals surface area contributed by atoms with Gasteiger partial charge in [-0.3, -0.25) is 4.90 Å². The molecule has 2 heteroatoms. The molecule has 2 fully saturated rings. The molecular weight excluding hydrogens is 256 g/mol. The van der Waals surface area contributed by atoms with Gasteiger partial charge in [-0.2, -0.15) is 0 Å². The number of likely N-dealkylation sites (tertiary alicyclic amines) is 2. The van der Waals surface area contributed by atoms with E-state index in [9.17, 15) is 0 Å². The molecule has 3 rings (SSSR count). The second-order valence-electron chi connectivity index (χ2n) is 7.16. The fourth-order valence-electron chi connectivity index (χ4n) is 3.69. The summed E-state index contributed by atoms with van der Waals surface area (Å²) >= 11 is 0. The van der Waals surface area contributed by atoms with Gasteiger partial charge in [0.25, 0.3) is 0 Å². The summed E-state index contributed by atoms with van der Waals surface area (Å²) in [5.74, 6) is 0. The molecule has 21 heavy (non-hydrogen) atoms. The Morgan fingerprint density at radius 2 is 1.81 bits per heavy atom. The van der Waals surface area contributed by atoms with Gasteiger partial charge >= 0.3 is 0 Å². The largest absolute Gasteiger partial charge is 0.375 e. The van der Waals surface area contributed by atoms with Crippen molar-refractivity contribution in [2.75, 3.05) is 26.2 Å². The first-order valence-corrected chi connectivity index (χ1v) is 8.34. The average molecular weight is 284 g/mol. The smallest absolute Gasteiger partial charge is 0.0233 e. The number of rotatable bonds is 4. The minimum Gasteiger partial charge on any atom is -0.375 e. The number of nitrogens with zero attached hydrogens (tertiary/aromatic N) is 2. The molecule has 2 saturated heterocycles. The van der Waals surface area contributed by atoms with Crippen LogP contribution in [-0.2, 0) is 6.54 Å². The summed E-state index contributed by atoms with van der Waals surface area (Å²) in [5.41, 5.74) is 3.28. The topological polar surface area (TPSA) is 6.48 Å². The molecule has 0 unspecified atom stereocenters. The summed E-state index contributed by atoms with van der Waals surface area (Å²) in [5, 5.41) is 0. The zero-order valence-corrected chi connectivity index (χ0v) is 13.4. The molecule has 0 aromatic heterocycles. The third-order valence-electron chi connectivity index (χ3n) is 5.23.